The fraction of sp³-hybridized carbons (Fsp3) is 0.414. The van der Waals surface area contributed by atoms with Crippen LogP contribution in [0.15, 0.2) is 60.2 Å². The van der Waals surface area contributed by atoms with Crippen LogP contribution in [0.3, 0.4) is 0 Å². The van der Waals surface area contributed by atoms with Gasteiger partial charge in [0.25, 0.3) is 6.41 Å². The molecule has 0 amide bonds. The predicted octanol–water partition coefficient (Wildman–Crippen LogP) is 1.89. The zero-order chi connectivity index (χ0) is 27.6. The summed E-state index contributed by atoms with van der Waals surface area (Å²) in [7, 11) is 1.14. The highest BCUT2D eigenvalue weighted by atomic mass is 16.7. The average Bonchev–Trinajstić information content (AvgIpc) is 3.44. The van der Waals surface area contributed by atoms with Gasteiger partial charge in [-0.1, -0.05) is 48.5 Å². The molecule has 2 fully saturated rings. The Labute approximate surface area is 228 Å². The summed E-state index contributed by atoms with van der Waals surface area (Å²) in [5.74, 6) is -1.81. The molecule has 10 nitrogen and oxygen atoms in total. The van der Waals surface area contributed by atoms with E-state index in [1.165, 1.54) is 0 Å². The third-order valence-corrected chi connectivity index (χ3v) is 6.94. The topological polar surface area (TPSA) is 121 Å². The zero-order valence-electron chi connectivity index (χ0n) is 22.1. The quantitative estimate of drug-likeness (QED) is 0.150. The summed E-state index contributed by atoms with van der Waals surface area (Å²) in [4.78, 5) is 42.4. The van der Waals surface area contributed by atoms with Crippen LogP contribution in [0.5, 0.6) is 0 Å². The molecule has 0 aromatic heterocycles. The number of methoxy groups -OCH3 is 1. The monoisotopic (exact) mass is 537 g/mol. The molecule has 0 bridgehead atoms. The molecular formula is C29H35N3O7. The standard InChI is InChI=1S/C29H35N3O7/c1-36-27(34)24(20-33)26(23-9-5-6-21(18-23)19-30)28(35)39-29-32(14-17-38-29)25(22-7-3-2-4-8-22)10-11-31-12-15-37-16-13-31/h2-9,18,20,25,29H,10-17,19,30H2,1H3/b26-24+. The molecule has 0 aliphatic carbocycles. The minimum absolute atomic E-state index is 0.0894. The van der Waals surface area contributed by atoms with Crippen LogP contribution in [-0.4, -0.2) is 87.5 Å². The fourth-order valence-electron chi connectivity index (χ4n) is 4.90. The Morgan fingerprint density at radius 1 is 1.05 bits per heavy atom. The third kappa shape index (κ3) is 7.17. The van der Waals surface area contributed by atoms with E-state index in [1.54, 1.807) is 24.3 Å². The van der Waals surface area contributed by atoms with Crippen LogP contribution in [0, 0.1) is 0 Å². The molecule has 2 aromatic rings. The van der Waals surface area contributed by atoms with Gasteiger partial charge in [0.1, 0.15) is 5.57 Å². The first-order valence-corrected chi connectivity index (χ1v) is 13.1. The van der Waals surface area contributed by atoms with Gasteiger partial charge in [-0.15, -0.1) is 0 Å². The Morgan fingerprint density at radius 2 is 1.82 bits per heavy atom. The maximum Gasteiger partial charge on any atom is 0.343 e. The largest absolute Gasteiger partial charge is 0.465 e. The number of ether oxygens (including phenoxy) is 4. The normalized spacial score (nSPS) is 19.7. The number of benzene rings is 2. The molecule has 0 radical (unpaired) electrons. The Balaban J connectivity index is 1.61. The Hall–Kier alpha value is -3.41. The van der Waals surface area contributed by atoms with Crippen LogP contribution in [0.25, 0.3) is 5.57 Å². The molecule has 2 heterocycles. The van der Waals surface area contributed by atoms with Gasteiger partial charge in [0, 0.05) is 38.8 Å². The summed E-state index contributed by atoms with van der Waals surface area (Å²) in [6, 6.07) is 16.7. The van der Waals surface area contributed by atoms with E-state index in [4.69, 9.17) is 24.7 Å². The minimum atomic E-state index is -1.01. The lowest BCUT2D eigenvalue weighted by molar-refractivity contribution is -0.193. The summed E-state index contributed by atoms with van der Waals surface area (Å²) in [5, 5.41) is 0. The molecule has 2 atom stereocenters. The maximum atomic E-state index is 13.6. The molecule has 39 heavy (non-hydrogen) atoms. The molecule has 0 spiro atoms. The SMILES string of the molecule is COC(=O)/C(C=O)=C(/C(=O)OC1OCCN1C(CCN1CCOCC1)c1ccccc1)c1cccc(CN)c1. The van der Waals surface area contributed by atoms with Gasteiger partial charge in [0.05, 0.1) is 32.5 Å². The highest BCUT2D eigenvalue weighted by Crippen LogP contribution is 2.32. The van der Waals surface area contributed by atoms with Gasteiger partial charge >= 0.3 is 11.9 Å². The molecule has 10 heteroatoms. The van der Waals surface area contributed by atoms with Crippen molar-refractivity contribution in [3.63, 3.8) is 0 Å². The van der Waals surface area contributed by atoms with E-state index in [2.05, 4.69) is 4.90 Å². The van der Waals surface area contributed by atoms with Crippen LogP contribution in [0.4, 0.5) is 0 Å². The second-order valence-corrected chi connectivity index (χ2v) is 9.29. The lowest BCUT2D eigenvalue weighted by Gasteiger charge is -2.34. The van der Waals surface area contributed by atoms with Crippen molar-refractivity contribution in [3.05, 3.63) is 76.9 Å². The van der Waals surface area contributed by atoms with Crippen molar-refractivity contribution in [1.29, 1.82) is 0 Å². The average molecular weight is 538 g/mol. The van der Waals surface area contributed by atoms with Crippen molar-refractivity contribution in [2.45, 2.75) is 25.4 Å². The number of esters is 2. The molecule has 2 aliphatic rings. The van der Waals surface area contributed by atoms with E-state index >= 15 is 0 Å². The summed E-state index contributed by atoms with van der Waals surface area (Å²) in [5.41, 5.74) is 7.26. The lowest BCUT2D eigenvalue weighted by Crippen LogP contribution is -2.41. The molecular weight excluding hydrogens is 502 g/mol. The summed E-state index contributed by atoms with van der Waals surface area (Å²) < 4.78 is 22.0. The first-order chi connectivity index (χ1) is 19.0. The molecule has 2 unspecified atom stereocenters. The maximum absolute atomic E-state index is 13.6. The van der Waals surface area contributed by atoms with Crippen LogP contribution in [0.2, 0.25) is 0 Å². The highest BCUT2D eigenvalue weighted by Gasteiger charge is 2.37. The first kappa shape index (κ1) is 28.6. The summed E-state index contributed by atoms with van der Waals surface area (Å²) in [6.07, 6.45) is 0.0790. The number of carbonyl (C=O) groups excluding carboxylic acids is 3. The first-order valence-electron chi connectivity index (χ1n) is 13.1. The Bertz CT molecular complexity index is 1160. The van der Waals surface area contributed by atoms with Gasteiger partial charge in [-0.25, -0.2) is 14.5 Å². The van der Waals surface area contributed by atoms with Crippen molar-refractivity contribution in [1.82, 2.24) is 9.80 Å². The van der Waals surface area contributed by atoms with Crippen LogP contribution < -0.4 is 5.73 Å². The number of carbonyl (C=O) groups is 3. The van der Waals surface area contributed by atoms with E-state index in [9.17, 15) is 14.4 Å². The lowest BCUT2D eigenvalue weighted by atomic mass is 9.98. The Morgan fingerprint density at radius 3 is 2.51 bits per heavy atom. The molecule has 2 aliphatic heterocycles. The molecule has 208 valence electrons. The van der Waals surface area contributed by atoms with Crippen LogP contribution in [-0.2, 0) is 39.9 Å². The van der Waals surface area contributed by atoms with Gasteiger partial charge in [0.15, 0.2) is 6.29 Å². The minimum Gasteiger partial charge on any atom is -0.465 e. The fourth-order valence-corrected chi connectivity index (χ4v) is 4.90. The number of hydrogen-bond donors (Lipinski definition) is 1. The molecule has 4 rings (SSSR count). The van der Waals surface area contributed by atoms with Crippen molar-refractivity contribution >= 4 is 23.8 Å². The van der Waals surface area contributed by atoms with E-state index in [-0.39, 0.29) is 18.2 Å². The van der Waals surface area contributed by atoms with Gasteiger partial charge in [-0.2, -0.15) is 0 Å². The molecule has 2 N–H and O–H groups in total. The smallest absolute Gasteiger partial charge is 0.343 e. The molecule has 0 saturated carbocycles. The van der Waals surface area contributed by atoms with E-state index in [0.29, 0.717) is 38.2 Å². The molecule has 2 aromatic carbocycles. The van der Waals surface area contributed by atoms with Crippen LogP contribution in [0.1, 0.15) is 29.2 Å². The van der Waals surface area contributed by atoms with Crippen molar-refractivity contribution in [2.24, 2.45) is 5.73 Å². The Kier molecular flexibility index (Phi) is 10.3. The van der Waals surface area contributed by atoms with Crippen molar-refractivity contribution in [3.8, 4) is 0 Å². The van der Waals surface area contributed by atoms with Gasteiger partial charge in [0.2, 0.25) is 0 Å². The second-order valence-electron chi connectivity index (χ2n) is 9.29. The van der Waals surface area contributed by atoms with E-state index < -0.39 is 23.9 Å². The number of rotatable bonds is 11. The number of hydrogen-bond acceptors (Lipinski definition) is 10. The van der Waals surface area contributed by atoms with Gasteiger partial charge < -0.3 is 24.7 Å². The van der Waals surface area contributed by atoms with E-state index in [1.807, 2.05) is 35.2 Å². The molecule has 2 saturated heterocycles. The number of nitrogens with two attached hydrogens (primary N) is 1. The van der Waals surface area contributed by atoms with Crippen LogP contribution >= 0.6 is 0 Å². The number of morpholine rings is 1. The number of aldehydes is 1. The van der Waals surface area contributed by atoms with Gasteiger partial charge in [-0.05, 0) is 29.2 Å². The van der Waals surface area contributed by atoms with Gasteiger partial charge in [-0.3, -0.25) is 9.69 Å². The van der Waals surface area contributed by atoms with Crippen molar-refractivity contribution in [2.75, 3.05) is 53.1 Å². The third-order valence-electron chi connectivity index (χ3n) is 6.94. The predicted molar refractivity (Wildman–Crippen MR) is 143 cm³/mol. The summed E-state index contributed by atoms with van der Waals surface area (Å²) in [6.45, 7) is 5.12. The van der Waals surface area contributed by atoms with Crippen molar-refractivity contribution < 1.29 is 33.3 Å². The summed E-state index contributed by atoms with van der Waals surface area (Å²) >= 11 is 0. The van der Waals surface area contributed by atoms with E-state index in [0.717, 1.165) is 44.3 Å². The zero-order valence-corrected chi connectivity index (χ0v) is 22.1. The second kappa shape index (κ2) is 14.1. The number of nitrogens with zero attached hydrogens (tertiary/aromatic N) is 2. The highest BCUT2D eigenvalue weighted by molar-refractivity contribution is 6.29.